The Morgan fingerprint density at radius 2 is 1.52 bits per heavy atom. The molecule has 0 spiro atoms. The van der Waals surface area contributed by atoms with Crippen LogP contribution in [-0.4, -0.2) is 35.2 Å². The Balaban J connectivity index is 1.26. The lowest BCUT2D eigenvalue weighted by Gasteiger charge is -2.19. The number of anilines is 1. The number of esters is 1. The second kappa shape index (κ2) is 10.7. The molecule has 2 aliphatic rings. The number of aromatic nitrogens is 1. The van der Waals surface area contributed by atoms with E-state index in [1.807, 2.05) is 6.07 Å². The molecule has 6 rings (SSSR count). The molecule has 1 aromatic heterocycles. The van der Waals surface area contributed by atoms with Crippen LogP contribution in [0.25, 0.3) is 22.2 Å². The van der Waals surface area contributed by atoms with Gasteiger partial charge in [-0.3, -0.25) is 19.3 Å². The van der Waals surface area contributed by atoms with Gasteiger partial charge in [0.05, 0.1) is 34.3 Å². The van der Waals surface area contributed by atoms with E-state index in [0.717, 1.165) is 25.7 Å². The number of ketones is 1. The van der Waals surface area contributed by atoms with Crippen molar-refractivity contribution >= 4 is 51.8 Å². The van der Waals surface area contributed by atoms with E-state index in [2.05, 4.69) is 0 Å². The number of hydrogen-bond donors (Lipinski definition) is 0. The number of fused-ring (bicyclic) bond motifs is 2. The average Bonchev–Trinajstić information content (AvgIpc) is 3.25. The van der Waals surface area contributed by atoms with E-state index < -0.39 is 12.6 Å². The Hall–Kier alpha value is -4.36. The van der Waals surface area contributed by atoms with Gasteiger partial charge < -0.3 is 4.74 Å². The smallest absolute Gasteiger partial charge is 0.339 e. The summed E-state index contributed by atoms with van der Waals surface area (Å²) in [7, 11) is 0. The number of halogens is 1. The monoisotopic (exact) mass is 552 g/mol. The molecule has 1 aliphatic carbocycles. The molecule has 8 heteroatoms. The number of hydrogen-bond acceptors (Lipinski definition) is 6. The lowest BCUT2D eigenvalue weighted by molar-refractivity contribution is -0.122. The molecule has 2 heterocycles. The van der Waals surface area contributed by atoms with Gasteiger partial charge >= 0.3 is 5.97 Å². The highest BCUT2D eigenvalue weighted by atomic mass is 35.5. The highest BCUT2D eigenvalue weighted by Gasteiger charge is 2.48. The number of carbonyl (C=O) groups excluding carboxylic acids is 4. The number of Topliss-reactive ketones (excluding diaryl/α,β-unsaturated/α-hetero) is 1. The van der Waals surface area contributed by atoms with Gasteiger partial charge in [0, 0.05) is 21.5 Å². The Bertz CT molecular complexity index is 1620. The SMILES string of the molecule is O=C(COC(=O)c1cc(-c2ccc(N3C(=O)C4CCCCC4C3=O)cc2)nc2ccccc12)c1ccc(Cl)cc1. The van der Waals surface area contributed by atoms with Gasteiger partial charge in [-0.2, -0.15) is 0 Å². The van der Waals surface area contributed by atoms with E-state index in [9.17, 15) is 19.2 Å². The second-order valence-corrected chi connectivity index (χ2v) is 10.6. The third-order valence-corrected chi connectivity index (χ3v) is 7.95. The molecule has 0 N–H and O–H groups in total. The number of amides is 2. The maximum Gasteiger partial charge on any atom is 0.339 e. The van der Waals surface area contributed by atoms with Gasteiger partial charge in [0.1, 0.15) is 0 Å². The molecule has 200 valence electrons. The number of imide groups is 1. The molecule has 7 nitrogen and oxygen atoms in total. The summed E-state index contributed by atoms with van der Waals surface area (Å²) in [4.78, 5) is 57.7. The van der Waals surface area contributed by atoms with Gasteiger partial charge in [-0.25, -0.2) is 9.78 Å². The van der Waals surface area contributed by atoms with Gasteiger partial charge in [-0.1, -0.05) is 54.8 Å². The van der Waals surface area contributed by atoms with E-state index in [0.29, 0.717) is 38.4 Å². The van der Waals surface area contributed by atoms with Crippen molar-refractivity contribution in [1.29, 1.82) is 0 Å². The lowest BCUT2D eigenvalue weighted by Crippen LogP contribution is -2.30. The fraction of sp³-hybridized carbons (Fsp3) is 0.219. The van der Waals surface area contributed by atoms with Gasteiger partial charge in [0.15, 0.2) is 12.4 Å². The first kappa shape index (κ1) is 25.9. The van der Waals surface area contributed by atoms with Crippen LogP contribution in [0.3, 0.4) is 0 Å². The van der Waals surface area contributed by atoms with Crippen molar-refractivity contribution in [3.05, 3.63) is 95.0 Å². The van der Waals surface area contributed by atoms with Crippen molar-refractivity contribution in [2.45, 2.75) is 25.7 Å². The van der Waals surface area contributed by atoms with Gasteiger partial charge in [-0.05, 0) is 61.4 Å². The molecule has 1 aliphatic heterocycles. The highest BCUT2D eigenvalue weighted by molar-refractivity contribution is 6.30. The zero-order valence-corrected chi connectivity index (χ0v) is 22.3. The zero-order valence-electron chi connectivity index (χ0n) is 21.5. The maximum atomic E-state index is 13.2. The number of benzene rings is 3. The van der Waals surface area contributed by atoms with Crippen LogP contribution in [0, 0.1) is 11.8 Å². The first-order valence-corrected chi connectivity index (χ1v) is 13.6. The summed E-state index contributed by atoms with van der Waals surface area (Å²) in [6.07, 6.45) is 3.46. The first-order chi connectivity index (χ1) is 19.4. The summed E-state index contributed by atoms with van der Waals surface area (Å²) in [5, 5.41) is 1.11. The average molecular weight is 553 g/mol. The van der Waals surface area contributed by atoms with Gasteiger partial charge in [-0.15, -0.1) is 0 Å². The van der Waals surface area contributed by atoms with Crippen molar-refractivity contribution in [3.8, 4) is 11.3 Å². The van der Waals surface area contributed by atoms with Crippen molar-refractivity contribution < 1.29 is 23.9 Å². The van der Waals surface area contributed by atoms with Crippen LogP contribution in [-0.2, 0) is 14.3 Å². The maximum absolute atomic E-state index is 13.2. The van der Waals surface area contributed by atoms with E-state index >= 15 is 0 Å². The second-order valence-electron chi connectivity index (χ2n) is 10.1. The number of carbonyl (C=O) groups is 4. The number of rotatable bonds is 6. The van der Waals surface area contributed by atoms with E-state index in [1.54, 1.807) is 72.8 Å². The Morgan fingerprint density at radius 3 is 2.20 bits per heavy atom. The van der Waals surface area contributed by atoms with Crippen LogP contribution >= 0.6 is 11.6 Å². The highest BCUT2D eigenvalue weighted by Crippen LogP contribution is 2.40. The largest absolute Gasteiger partial charge is 0.454 e. The molecule has 2 atom stereocenters. The molecule has 1 saturated heterocycles. The Morgan fingerprint density at radius 1 is 0.875 bits per heavy atom. The van der Waals surface area contributed by atoms with Crippen LogP contribution in [0.4, 0.5) is 5.69 Å². The topological polar surface area (TPSA) is 93.6 Å². The number of nitrogens with zero attached hydrogens (tertiary/aromatic N) is 2. The molecular formula is C32H25ClN2O5. The van der Waals surface area contributed by atoms with Crippen LogP contribution in [0.5, 0.6) is 0 Å². The minimum absolute atomic E-state index is 0.121. The van der Waals surface area contributed by atoms with Gasteiger partial charge in [0.25, 0.3) is 0 Å². The van der Waals surface area contributed by atoms with E-state index in [-0.39, 0.29) is 35.0 Å². The number of para-hydroxylation sites is 1. The third kappa shape index (κ3) is 4.77. The Labute approximate surface area is 235 Å². The van der Waals surface area contributed by atoms with Crippen LogP contribution in [0.1, 0.15) is 46.4 Å². The summed E-state index contributed by atoms with van der Waals surface area (Å²) in [6.45, 7) is -0.416. The van der Waals surface area contributed by atoms with Crippen molar-refractivity contribution in [2.75, 3.05) is 11.5 Å². The summed E-state index contributed by atoms with van der Waals surface area (Å²) in [5.74, 6) is -1.67. The third-order valence-electron chi connectivity index (χ3n) is 7.70. The molecule has 4 aromatic rings. The number of ether oxygens (including phenoxy) is 1. The quantitative estimate of drug-likeness (QED) is 0.159. The molecule has 2 amide bonds. The van der Waals surface area contributed by atoms with Crippen LogP contribution in [0.15, 0.2) is 78.9 Å². The minimum atomic E-state index is -0.644. The molecule has 2 unspecified atom stereocenters. The Kier molecular flexibility index (Phi) is 6.90. The summed E-state index contributed by atoms with van der Waals surface area (Å²) in [5.41, 5.74) is 3.03. The summed E-state index contributed by atoms with van der Waals surface area (Å²) < 4.78 is 5.40. The molecule has 0 radical (unpaired) electrons. The van der Waals surface area contributed by atoms with Crippen molar-refractivity contribution in [2.24, 2.45) is 11.8 Å². The minimum Gasteiger partial charge on any atom is -0.454 e. The van der Waals surface area contributed by atoms with Crippen LogP contribution in [0.2, 0.25) is 5.02 Å². The predicted molar refractivity (Wildman–Crippen MR) is 151 cm³/mol. The zero-order chi connectivity index (χ0) is 27.8. The van der Waals surface area contributed by atoms with Crippen molar-refractivity contribution in [3.63, 3.8) is 0 Å². The molecular weight excluding hydrogens is 528 g/mol. The lowest BCUT2D eigenvalue weighted by atomic mass is 9.81. The van der Waals surface area contributed by atoms with E-state index in [1.165, 1.54) is 4.90 Å². The predicted octanol–water partition coefficient (Wildman–Crippen LogP) is 6.27. The number of pyridine rings is 1. The molecule has 1 saturated carbocycles. The molecule has 40 heavy (non-hydrogen) atoms. The van der Waals surface area contributed by atoms with E-state index in [4.69, 9.17) is 21.3 Å². The molecule has 2 fully saturated rings. The summed E-state index contributed by atoms with van der Waals surface area (Å²) in [6, 6.07) is 22.3. The first-order valence-electron chi connectivity index (χ1n) is 13.2. The summed E-state index contributed by atoms with van der Waals surface area (Å²) >= 11 is 5.89. The normalized spacial score (nSPS) is 18.6. The fourth-order valence-electron chi connectivity index (χ4n) is 5.62. The van der Waals surface area contributed by atoms with Crippen molar-refractivity contribution in [1.82, 2.24) is 4.98 Å². The fourth-order valence-corrected chi connectivity index (χ4v) is 5.74. The van der Waals surface area contributed by atoms with Gasteiger partial charge in [0.2, 0.25) is 11.8 Å². The standard InChI is InChI=1S/C32H25ClN2O5/c33-21-13-9-20(10-14-21)29(36)18-40-32(39)26-17-28(34-27-8-4-3-5-23(26)27)19-11-15-22(16-12-19)35-30(37)24-6-1-2-7-25(24)31(35)38/h3-5,8-17,24-25H,1-2,6-7,18H2. The molecule has 0 bridgehead atoms. The van der Waals surface area contributed by atoms with Crippen LogP contribution < -0.4 is 4.90 Å². The molecule has 3 aromatic carbocycles.